The Morgan fingerprint density at radius 1 is 1.67 bits per heavy atom. The molecule has 1 heterocycles. The monoisotopic (exact) mass is 116 g/mol. The van der Waals surface area contributed by atoms with Crippen LogP contribution in [-0.2, 0) is 0 Å². The molecular weight excluding hydrogens is 111 g/mol. The fourth-order valence-corrected chi connectivity index (χ4v) is 0.437. The molecule has 0 saturated heterocycles. The van der Waals surface area contributed by atoms with Gasteiger partial charge in [0.15, 0.2) is 0 Å². The van der Waals surface area contributed by atoms with Gasteiger partial charge in [-0.05, 0) is 12.1 Å². The normalized spacial score (nSPS) is 8.00. The molecule has 0 atom stereocenters. The Morgan fingerprint density at radius 3 is 2.56 bits per heavy atom. The van der Waals surface area contributed by atoms with Gasteiger partial charge in [-0.3, -0.25) is 0 Å². The van der Waals surface area contributed by atoms with E-state index in [2.05, 4.69) is 11.0 Å². The molecule has 0 spiro atoms. The van der Waals surface area contributed by atoms with Gasteiger partial charge in [0.1, 0.15) is 5.76 Å². The number of furan rings is 1. The molecule has 1 aromatic heterocycles. The van der Waals surface area contributed by atoms with E-state index in [0.717, 1.165) is 0 Å². The average Bonchev–Trinajstić information content (AvgIpc) is 2.12. The summed E-state index contributed by atoms with van der Waals surface area (Å²) >= 11 is 0. The summed E-state index contributed by atoms with van der Waals surface area (Å²) < 4.78 is 4.68. The summed E-state index contributed by atoms with van der Waals surface area (Å²) in [5, 5.41) is 10.3. The first-order valence-electron chi connectivity index (χ1n) is 2.20. The molecule has 1 rings (SSSR count). The predicted octanol–water partition coefficient (Wildman–Crippen LogP) is -2.39. The zero-order chi connectivity index (χ0) is 5.98. The number of hydrogen-bond acceptors (Lipinski definition) is 2. The maximum Gasteiger partial charge on any atom is 1.00 e. The van der Waals surface area contributed by atoms with E-state index in [1.807, 2.05) is 0 Å². The van der Waals surface area contributed by atoms with Gasteiger partial charge in [-0.25, -0.2) is 0 Å². The molecule has 0 N–H and O–H groups in total. The van der Waals surface area contributed by atoms with Crippen molar-refractivity contribution in [1.82, 2.24) is 0 Å². The first-order valence-corrected chi connectivity index (χ1v) is 2.20. The van der Waals surface area contributed by atoms with Gasteiger partial charge in [0, 0.05) is 0 Å². The first-order chi connectivity index (χ1) is 3.80. The minimum absolute atomic E-state index is 0. The van der Waals surface area contributed by atoms with Crippen LogP contribution in [0.5, 0.6) is 0 Å². The van der Waals surface area contributed by atoms with Crippen molar-refractivity contribution >= 4 is 5.76 Å². The minimum Gasteiger partial charge on any atom is -0.870 e. The van der Waals surface area contributed by atoms with Crippen LogP contribution in [0.2, 0.25) is 0 Å². The summed E-state index contributed by atoms with van der Waals surface area (Å²) in [6, 6.07) is 3.23. The van der Waals surface area contributed by atoms with Crippen molar-refractivity contribution in [2.45, 2.75) is 0 Å². The fraction of sp³-hybridized carbons (Fsp3) is 0. The van der Waals surface area contributed by atoms with Crippen LogP contribution in [0.15, 0.2) is 29.4 Å². The van der Waals surface area contributed by atoms with Gasteiger partial charge in [0.25, 0.3) is 0 Å². The van der Waals surface area contributed by atoms with E-state index in [1.54, 1.807) is 12.1 Å². The second-order valence-electron chi connectivity index (χ2n) is 1.40. The molecule has 0 unspecified atom stereocenters. The van der Waals surface area contributed by atoms with Crippen molar-refractivity contribution in [2.24, 2.45) is 0 Å². The Bertz CT molecular complexity index is 179. The molecule has 0 fully saturated rings. The Kier molecular flexibility index (Phi) is 3.22. The molecule has 0 amide bonds. The van der Waals surface area contributed by atoms with Crippen LogP contribution >= 0.6 is 0 Å². The quantitative estimate of drug-likeness (QED) is 0.303. The Labute approximate surface area is 65.4 Å². The van der Waals surface area contributed by atoms with Gasteiger partial charge < -0.3 is 9.52 Å². The molecule has 0 bridgehead atoms. The van der Waals surface area contributed by atoms with Crippen LogP contribution in [0.25, 0.3) is 5.76 Å². The molecule has 1 aromatic rings. The standard InChI is InChI=1S/C6H6O2.Li/c1-5(7)6-3-2-4-8-6;/h2-4,7H,1H2;/q;+1/p-1. The summed E-state index contributed by atoms with van der Waals surface area (Å²) in [5.41, 5.74) is 0. The van der Waals surface area contributed by atoms with Crippen LogP contribution in [0.4, 0.5) is 0 Å². The van der Waals surface area contributed by atoms with Crippen LogP contribution in [-0.4, -0.2) is 0 Å². The molecule has 0 saturated carbocycles. The van der Waals surface area contributed by atoms with Gasteiger partial charge in [-0.2, -0.15) is 0 Å². The summed E-state index contributed by atoms with van der Waals surface area (Å²) in [7, 11) is 0. The molecule has 9 heavy (non-hydrogen) atoms. The largest absolute Gasteiger partial charge is 1.00 e. The van der Waals surface area contributed by atoms with Gasteiger partial charge >= 0.3 is 18.9 Å². The Morgan fingerprint density at radius 2 is 2.33 bits per heavy atom. The summed E-state index contributed by atoms with van der Waals surface area (Å²) in [6.45, 7) is 3.15. The summed E-state index contributed by atoms with van der Waals surface area (Å²) in [5.74, 6) is 0.0278. The maximum absolute atomic E-state index is 10.3. The molecule has 0 aliphatic heterocycles. The van der Waals surface area contributed by atoms with E-state index in [-0.39, 0.29) is 24.6 Å². The maximum atomic E-state index is 10.3. The Balaban J connectivity index is 0.000000640. The van der Waals surface area contributed by atoms with Crippen LogP contribution in [0.1, 0.15) is 5.76 Å². The van der Waals surface area contributed by atoms with E-state index >= 15 is 0 Å². The van der Waals surface area contributed by atoms with E-state index < -0.39 is 0 Å². The number of hydrogen-bond donors (Lipinski definition) is 0. The van der Waals surface area contributed by atoms with Crippen molar-refractivity contribution < 1.29 is 28.4 Å². The average molecular weight is 116 g/mol. The minimum atomic E-state index is -0.282. The number of rotatable bonds is 1. The van der Waals surface area contributed by atoms with Gasteiger partial charge in [0.2, 0.25) is 0 Å². The molecule has 0 aliphatic rings. The third kappa shape index (κ3) is 2.01. The summed E-state index contributed by atoms with van der Waals surface area (Å²) in [6.07, 6.45) is 1.44. The predicted molar refractivity (Wildman–Crippen MR) is 27.7 cm³/mol. The van der Waals surface area contributed by atoms with Gasteiger partial charge in [0.05, 0.1) is 6.26 Å². The van der Waals surface area contributed by atoms with Crippen molar-refractivity contribution in [3.8, 4) is 0 Å². The zero-order valence-electron chi connectivity index (χ0n) is 5.26. The SMILES string of the molecule is C=C([O-])c1ccco1.[Li+]. The van der Waals surface area contributed by atoms with Crippen molar-refractivity contribution in [3.63, 3.8) is 0 Å². The van der Waals surface area contributed by atoms with Gasteiger partial charge in [-0.15, -0.1) is 6.58 Å². The van der Waals surface area contributed by atoms with Gasteiger partial charge in [-0.1, -0.05) is 5.76 Å². The molecule has 0 aromatic carbocycles. The second kappa shape index (κ2) is 3.44. The third-order valence-electron chi connectivity index (χ3n) is 0.796. The second-order valence-corrected chi connectivity index (χ2v) is 1.40. The van der Waals surface area contributed by atoms with Crippen LogP contribution < -0.4 is 24.0 Å². The van der Waals surface area contributed by atoms with Crippen molar-refractivity contribution in [2.75, 3.05) is 0 Å². The van der Waals surface area contributed by atoms with Crippen molar-refractivity contribution in [1.29, 1.82) is 0 Å². The molecule has 0 aliphatic carbocycles. The zero-order valence-corrected chi connectivity index (χ0v) is 5.26. The van der Waals surface area contributed by atoms with Crippen molar-refractivity contribution in [3.05, 3.63) is 30.7 Å². The molecule has 0 radical (unpaired) electrons. The van der Waals surface area contributed by atoms with E-state index in [0.29, 0.717) is 5.76 Å². The van der Waals surface area contributed by atoms with E-state index in [4.69, 9.17) is 0 Å². The molecule has 3 heteroatoms. The smallest absolute Gasteiger partial charge is 0.870 e. The third-order valence-corrected chi connectivity index (χ3v) is 0.796. The van der Waals surface area contributed by atoms with E-state index in [1.165, 1.54) is 6.26 Å². The molecule has 42 valence electrons. The molecule has 2 nitrogen and oxygen atoms in total. The summed E-state index contributed by atoms with van der Waals surface area (Å²) in [4.78, 5) is 0. The molecular formula is C6H5LiO2. The van der Waals surface area contributed by atoms with E-state index in [9.17, 15) is 5.11 Å². The fourth-order valence-electron chi connectivity index (χ4n) is 0.437. The Hall–Kier alpha value is -0.583. The topological polar surface area (TPSA) is 36.2 Å². The van der Waals surface area contributed by atoms with Crippen LogP contribution in [0, 0.1) is 0 Å². The first kappa shape index (κ1) is 8.42. The van der Waals surface area contributed by atoms with Crippen LogP contribution in [0.3, 0.4) is 0 Å².